The first-order chi connectivity index (χ1) is 10.2. The number of hydrogen-bond donors (Lipinski definition) is 3. The molecule has 22 heavy (non-hydrogen) atoms. The van der Waals surface area contributed by atoms with E-state index in [0.29, 0.717) is 11.5 Å². The normalized spacial score (nSPS) is 17.4. The van der Waals surface area contributed by atoms with E-state index in [-0.39, 0.29) is 22.4 Å². The van der Waals surface area contributed by atoms with Crippen molar-refractivity contribution in [2.75, 3.05) is 13.6 Å². The summed E-state index contributed by atoms with van der Waals surface area (Å²) in [4.78, 5) is 0.0895. The van der Waals surface area contributed by atoms with Gasteiger partial charge in [0, 0.05) is 12.6 Å². The van der Waals surface area contributed by atoms with Crippen LogP contribution >= 0.6 is 0 Å². The van der Waals surface area contributed by atoms with Gasteiger partial charge in [0.05, 0.1) is 9.79 Å². The van der Waals surface area contributed by atoms with Crippen LogP contribution in [0.2, 0.25) is 0 Å². The molecule has 1 atom stereocenters. The Labute approximate surface area is 131 Å². The van der Waals surface area contributed by atoms with Gasteiger partial charge in [-0.3, -0.25) is 0 Å². The molecule has 124 valence electrons. The second-order valence-electron chi connectivity index (χ2n) is 5.49. The van der Waals surface area contributed by atoms with Crippen LogP contribution in [0.25, 0.3) is 0 Å². The summed E-state index contributed by atoms with van der Waals surface area (Å²) in [6.07, 6.45) is 2.08. The molecular formula is C13H21N3O4S2. The maximum atomic E-state index is 12.2. The zero-order valence-electron chi connectivity index (χ0n) is 12.5. The second kappa shape index (κ2) is 6.25. The van der Waals surface area contributed by atoms with Gasteiger partial charge in [0.1, 0.15) is 0 Å². The molecule has 0 aromatic heterocycles. The van der Waals surface area contributed by atoms with Crippen LogP contribution < -0.4 is 15.2 Å². The van der Waals surface area contributed by atoms with Gasteiger partial charge in [0.2, 0.25) is 20.0 Å². The Morgan fingerprint density at radius 1 is 1.23 bits per heavy atom. The lowest BCUT2D eigenvalue weighted by atomic mass is 10.2. The van der Waals surface area contributed by atoms with Crippen LogP contribution in [0, 0.1) is 12.8 Å². The Hall–Kier alpha value is -1.00. The largest absolute Gasteiger partial charge is 0.326 e. The predicted molar refractivity (Wildman–Crippen MR) is 83.3 cm³/mol. The average molecular weight is 347 g/mol. The minimum atomic E-state index is -3.70. The van der Waals surface area contributed by atoms with Crippen molar-refractivity contribution in [2.24, 2.45) is 11.7 Å². The van der Waals surface area contributed by atoms with Crippen molar-refractivity contribution in [3.8, 4) is 0 Å². The van der Waals surface area contributed by atoms with Crippen molar-refractivity contribution in [2.45, 2.75) is 35.6 Å². The minimum Gasteiger partial charge on any atom is -0.326 e. The number of rotatable bonds is 7. The molecule has 1 fully saturated rings. The highest BCUT2D eigenvalue weighted by Crippen LogP contribution is 2.31. The third-order valence-corrected chi connectivity index (χ3v) is 6.75. The topological polar surface area (TPSA) is 118 Å². The van der Waals surface area contributed by atoms with E-state index in [1.54, 1.807) is 6.92 Å². The molecule has 0 radical (unpaired) electrons. The maximum absolute atomic E-state index is 12.2. The Morgan fingerprint density at radius 2 is 1.86 bits per heavy atom. The van der Waals surface area contributed by atoms with Crippen LogP contribution in [0.3, 0.4) is 0 Å². The Balaban J connectivity index is 2.19. The minimum absolute atomic E-state index is 0.0306. The monoisotopic (exact) mass is 347 g/mol. The first kappa shape index (κ1) is 17.4. The summed E-state index contributed by atoms with van der Waals surface area (Å²) >= 11 is 0. The average Bonchev–Trinajstić information content (AvgIpc) is 3.29. The highest BCUT2D eigenvalue weighted by molar-refractivity contribution is 7.90. The summed E-state index contributed by atoms with van der Waals surface area (Å²) in [7, 11) is -6.00. The van der Waals surface area contributed by atoms with Gasteiger partial charge in [-0.25, -0.2) is 26.3 Å². The van der Waals surface area contributed by atoms with E-state index in [0.717, 1.165) is 12.8 Å². The Kier molecular flexibility index (Phi) is 4.93. The van der Waals surface area contributed by atoms with E-state index in [4.69, 9.17) is 5.73 Å². The summed E-state index contributed by atoms with van der Waals surface area (Å²) in [5.41, 5.74) is 6.24. The first-order valence-electron chi connectivity index (χ1n) is 6.97. The van der Waals surface area contributed by atoms with Crippen molar-refractivity contribution >= 4 is 20.0 Å². The van der Waals surface area contributed by atoms with Crippen molar-refractivity contribution in [3.05, 3.63) is 23.8 Å². The van der Waals surface area contributed by atoms with Gasteiger partial charge in [-0.2, -0.15) is 0 Å². The van der Waals surface area contributed by atoms with E-state index < -0.39 is 20.0 Å². The van der Waals surface area contributed by atoms with E-state index in [2.05, 4.69) is 9.44 Å². The number of sulfonamides is 2. The molecule has 1 aromatic rings. The lowest BCUT2D eigenvalue weighted by Crippen LogP contribution is -2.38. The number of hydrogen-bond acceptors (Lipinski definition) is 5. The van der Waals surface area contributed by atoms with E-state index in [1.807, 2.05) is 0 Å². The van der Waals surface area contributed by atoms with Gasteiger partial charge >= 0.3 is 0 Å². The number of benzene rings is 1. The van der Waals surface area contributed by atoms with E-state index in [9.17, 15) is 16.8 Å². The van der Waals surface area contributed by atoms with E-state index in [1.165, 1.54) is 25.2 Å². The van der Waals surface area contributed by atoms with Gasteiger partial charge in [-0.15, -0.1) is 0 Å². The van der Waals surface area contributed by atoms with Crippen LogP contribution in [0.5, 0.6) is 0 Å². The first-order valence-corrected chi connectivity index (χ1v) is 9.93. The fraction of sp³-hybridized carbons (Fsp3) is 0.538. The predicted octanol–water partition coefficient (Wildman–Crippen LogP) is -0.0813. The molecule has 1 saturated carbocycles. The Bertz CT molecular complexity index is 755. The lowest BCUT2D eigenvalue weighted by molar-refractivity contribution is 0.547. The fourth-order valence-corrected chi connectivity index (χ4v) is 4.29. The molecule has 1 aliphatic carbocycles. The zero-order valence-corrected chi connectivity index (χ0v) is 14.2. The molecule has 1 aliphatic rings. The molecule has 9 heteroatoms. The quantitative estimate of drug-likeness (QED) is 0.637. The molecular weight excluding hydrogens is 326 g/mol. The molecule has 0 amide bonds. The summed E-state index contributed by atoms with van der Waals surface area (Å²) in [6, 6.07) is 3.73. The van der Waals surface area contributed by atoms with Crippen LogP contribution in [0.1, 0.15) is 18.4 Å². The van der Waals surface area contributed by atoms with Gasteiger partial charge < -0.3 is 5.73 Å². The molecule has 4 N–H and O–H groups in total. The van der Waals surface area contributed by atoms with Crippen molar-refractivity contribution in [1.82, 2.24) is 9.44 Å². The molecule has 0 spiro atoms. The van der Waals surface area contributed by atoms with Crippen molar-refractivity contribution in [3.63, 3.8) is 0 Å². The SMILES string of the molecule is CNS(=O)(=O)c1ccc(S(=O)(=O)NCC(N)C2CC2)cc1C. The van der Waals surface area contributed by atoms with Gasteiger partial charge in [-0.1, -0.05) is 0 Å². The summed E-state index contributed by atoms with van der Waals surface area (Å²) in [6.45, 7) is 1.74. The highest BCUT2D eigenvalue weighted by atomic mass is 32.2. The molecule has 7 nitrogen and oxygen atoms in total. The molecule has 1 aromatic carbocycles. The number of aryl methyl sites for hydroxylation is 1. The number of nitrogens with one attached hydrogen (secondary N) is 2. The summed E-state index contributed by atoms with van der Waals surface area (Å²) < 4.78 is 52.7. The maximum Gasteiger partial charge on any atom is 0.240 e. The molecule has 0 heterocycles. The van der Waals surface area contributed by atoms with Crippen LogP contribution in [-0.4, -0.2) is 36.5 Å². The van der Waals surface area contributed by atoms with Crippen LogP contribution in [-0.2, 0) is 20.0 Å². The third kappa shape index (κ3) is 3.85. The molecule has 0 aliphatic heterocycles. The van der Waals surface area contributed by atoms with Gasteiger partial charge in [0.25, 0.3) is 0 Å². The number of nitrogens with two attached hydrogens (primary N) is 1. The third-order valence-electron chi connectivity index (χ3n) is 3.75. The van der Waals surface area contributed by atoms with Crippen LogP contribution in [0.4, 0.5) is 0 Å². The lowest BCUT2D eigenvalue weighted by Gasteiger charge is -2.13. The molecule has 2 rings (SSSR count). The van der Waals surface area contributed by atoms with Crippen molar-refractivity contribution < 1.29 is 16.8 Å². The smallest absolute Gasteiger partial charge is 0.240 e. The second-order valence-corrected chi connectivity index (χ2v) is 9.11. The Morgan fingerprint density at radius 3 is 2.36 bits per heavy atom. The highest BCUT2D eigenvalue weighted by Gasteiger charge is 2.29. The molecule has 0 bridgehead atoms. The molecule has 0 saturated heterocycles. The summed E-state index contributed by atoms with van der Waals surface area (Å²) in [5, 5.41) is 0. The standard InChI is InChI=1S/C13H21N3O4S2/c1-9-7-11(5-6-13(9)22(19,20)15-2)21(17,18)16-8-12(14)10-3-4-10/h5-7,10,12,15-16H,3-4,8,14H2,1-2H3. The van der Waals surface area contributed by atoms with Gasteiger partial charge in [0.15, 0.2) is 0 Å². The van der Waals surface area contributed by atoms with Gasteiger partial charge in [-0.05, 0) is 56.5 Å². The van der Waals surface area contributed by atoms with Crippen molar-refractivity contribution in [1.29, 1.82) is 0 Å². The zero-order chi connectivity index (χ0) is 16.5. The molecule has 1 unspecified atom stereocenters. The summed E-state index contributed by atoms with van der Waals surface area (Å²) in [5.74, 6) is 0.396. The van der Waals surface area contributed by atoms with Crippen LogP contribution in [0.15, 0.2) is 28.0 Å². The van der Waals surface area contributed by atoms with E-state index >= 15 is 0 Å². The fourth-order valence-electron chi connectivity index (χ4n) is 2.18.